The Morgan fingerprint density at radius 2 is 1.94 bits per heavy atom. The van der Waals surface area contributed by atoms with Gasteiger partial charge < -0.3 is 10.3 Å². The summed E-state index contributed by atoms with van der Waals surface area (Å²) < 4.78 is 0. The van der Waals surface area contributed by atoms with Gasteiger partial charge >= 0.3 is 0 Å². The molecule has 2 aromatic rings. The first-order valence-corrected chi connectivity index (χ1v) is 5.47. The van der Waals surface area contributed by atoms with E-state index in [-0.39, 0.29) is 0 Å². The zero-order chi connectivity index (χ0) is 12.1. The summed E-state index contributed by atoms with van der Waals surface area (Å²) in [5, 5.41) is 0. The van der Waals surface area contributed by atoms with Crippen LogP contribution in [-0.4, -0.2) is 12.0 Å². The molecule has 3 N–H and O–H groups in total. The summed E-state index contributed by atoms with van der Waals surface area (Å²) in [5.41, 5.74) is 4.85. The first-order valence-electron chi connectivity index (χ1n) is 5.47. The monoisotopic (exact) mass is 228 g/mol. The van der Waals surface area contributed by atoms with E-state index in [1.165, 1.54) is 5.56 Å². The van der Waals surface area contributed by atoms with Gasteiger partial charge in [-0.05, 0) is 17.7 Å². The maximum Gasteiger partial charge on any atom is 0.140 e. The molecule has 1 aromatic heterocycles. The standard InChI is InChI=1S/C13H16N4/c1-17(10-11-5-3-2-4-6-11)12-7-8-13(16-14)15-9-12/h2-9H,10,14H2,1H3,(H,15,16). The fourth-order valence-corrected chi connectivity index (χ4v) is 1.65. The molecule has 0 saturated heterocycles. The predicted molar refractivity (Wildman–Crippen MR) is 70.6 cm³/mol. The second-order valence-corrected chi connectivity index (χ2v) is 3.89. The molecular formula is C13H16N4. The van der Waals surface area contributed by atoms with E-state index in [1.54, 1.807) is 6.20 Å². The van der Waals surface area contributed by atoms with Crippen molar-refractivity contribution in [3.63, 3.8) is 0 Å². The van der Waals surface area contributed by atoms with Crippen molar-refractivity contribution in [1.82, 2.24) is 4.98 Å². The number of nitrogens with two attached hydrogens (primary N) is 1. The number of aromatic nitrogens is 1. The summed E-state index contributed by atoms with van der Waals surface area (Å²) in [6.45, 7) is 0.859. The molecule has 1 heterocycles. The summed E-state index contributed by atoms with van der Waals surface area (Å²) >= 11 is 0. The minimum atomic E-state index is 0.668. The van der Waals surface area contributed by atoms with Crippen LogP contribution < -0.4 is 16.2 Å². The van der Waals surface area contributed by atoms with Crippen LogP contribution in [0.5, 0.6) is 0 Å². The Balaban J connectivity index is 2.06. The molecule has 0 bridgehead atoms. The highest BCUT2D eigenvalue weighted by Gasteiger charge is 2.02. The zero-order valence-corrected chi connectivity index (χ0v) is 9.80. The molecule has 0 aliphatic rings. The Morgan fingerprint density at radius 1 is 1.18 bits per heavy atom. The molecular weight excluding hydrogens is 212 g/mol. The predicted octanol–water partition coefficient (Wildman–Crippen LogP) is 2.00. The Bertz CT molecular complexity index is 453. The third kappa shape index (κ3) is 2.95. The molecule has 2 rings (SSSR count). The van der Waals surface area contributed by atoms with Crippen LogP contribution in [0.3, 0.4) is 0 Å². The van der Waals surface area contributed by atoms with Gasteiger partial charge in [0.25, 0.3) is 0 Å². The van der Waals surface area contributed by atoms with E-state index in [2.05, 4.69) is 27.4 Å². The molecule has 4 nitrogen and oxygen atoms in total. The van der Waals surface area contributed by atoms with Gasteiger partial charge in [0.1, 0.15) is 5.82 Å². The number of hydrogen-bond acceptors (Lipinski definition) is 4. The van der Waals surface area contributed by atoms with E-state index in [0.717, 1.165) is 12.2 Å². The fourth-order valence-electron chi connectivity index (χ4n) is 1.65. The SMILES string of the molecule is CN(Cc1ccccc1)c1ccc(NN)nc1. The maximum absolute atomic E-state index is 5.27. The van der Waals surface area contributed by atoms with Crippen molar-refractivity contribution < 1.29 is 0 Å². The van der Waals surface area contributed by atoms with Gasteiger partial charge in [-0.25, -0.2) is 10.8 Å². The van der Waals surface area contributed by atoms with Gasteiger partial charge in [0.05, 0.1) is 11.9 Å². The maximum atomic E-state index is 5.27. The summed E-state index contributed by atoms with van der Waals surface area (Å²) in [5.74, 6) is 5.94. The molecule has 0 aliphatic carbocycles. The van der Waals surface area contributed by atoms with Crippen LogP contribution in [0.1, 0.15) is 5.56 Å². The number of rotatable bonds is 4. The van der Waals surface area contributed by atoms with Crippen molar-refractivity contribution >= 4 is 11.5 Å². The van der Waals surface area contributed by atoms with Crippen LogP contribution in [0.25, 0.3) is 0 Å². The molecule has 0 spiro atoms. The van der Waals surface area contributed by atoms with Crippen molar-refractivity contribution in [2.75, 3.05) is 17.4 Å². The molecule has 17 heavy (non-hydrogen) atoms. The molecule has 0 fully saturated rings. The molecule has 0 radical (unpaired) electrons. The van der Waals surface area contributed by atoms with Crippen molar-refractivity contribution in [2.24, 2.45) is 5.84 Å². The molecule has 0 amide bonds. The van der Waals surface area contributed by atoms with E-state index in [4.69, 9.17) is 5.84 Å². The average Bonchev–Trinajstić information content (AvgIpc) is 2.40. The van der Waals surface area contributed by atoms with E-state index in [0.29, 0.717) is 5.82 Å². The van der Waals surface area contributed by atoms with Gasteiger partial charge in [-0.3, -0.25) is 0 Å². The highest BCUT2D eigenvalue weighted by molar-refractivity contribution is 5.48. The lowest BCUT2D eigenvalue weighted by atomic mass is 10.2. The quantitative estimate of drug-likeness (QED) is 0.621. The Kier molecular flexibility index (Phi) is 3.57. The third-order valence-electron chi connectivity index (χ3n) is 2.60. The van der Waals surface area contributed by atoms with Crippen LogP contribution in [-0.2, 0) is 6.54 Å². The summed E-state index contributed by atoms with van der Waals surface area (Å²) in [7, 11) is 2.04. The second-order valence-electron chi connectivity index (χ2n) is 3.89. The highest BCUT2D eigenvalue weighted by atomic mass is 15.2. The van der Waals surface area contributed by atoms with Gasteiger partial charge in [-0.2, -0.15) is 0 Å². The summed E-state index contributed by atoms with van der Waals surface area (Å²) in [6, 6.07) is 14.2. The van der Waals surface area contributed by atoms with E-state index in [9.17, 15) is 0 Å². The number of benzene rings is 1. The summed E-state index contributed by atoms with van der Waals surface area (Å²) in [4.78, 5) is 6.32. The summed E-state index contributed by atoms with van der Waals surface area (Å²) in [6.07, 6.45) is 1.80. The average molecular weight is 228 g/mol. The number of hydrogen-bond donors (Lipinski definition) is 2. The van der Waals surface area contributed by atoms with Crippen molar-refractivity contribution in [1.29, 1.82) is 0 Å². The molecule has 0 saturated carbocycles. The van der Waals surface area contributed by atoms with Crippen LogP contribution in [0.4, 0.5) is 11.5 Å². The largest absolute Gasteiger partial charge is 0.369 e. The van der Waals surface area contributed by atoms with Crippen molar-refractivity contribution in [3.8, 4) is 0 Å². The number of hydrazine groups is 1. The number of pyridine rings is 1. The molecule has 4 heteroatoms. The number of nitrogens with one attached hydrogen (secondary N) is 1. The first-order chi connectivity index (χ1) is 8.29. The molecule has 0 atom stereocenters. The number of nitrogens with zero attached hydrogens (tertiary/aromatic N) is 2. The lowest BCUT2D eigenvalue weighted by Crippen LogP contribution is -2.17. The lowest BCUT2D eigenvalue weighted by molar-refractivity contribution is 0.918. The fraction of sp³-hybridized carbons (Fsp3) is 0.154. The minimum absolute atomic E-state index is 0.668. The molecule has 0 aliphatic heterocycles. The Hall–Kier alpha value is -2.07. The van der Waals surface area contributed by atoms with E-state index >= 15 is 0 Å². The van der Waals surface area contributed by atoms with Crippen molar-refractivity contribution in [2.45, 2.75) is 6.54 Å². The van der Waals surface area contributed by atoms with Gasteiger partial charge in [0.2, 0.25) is 0 Å². The first kappa shape index (κ1) is 11.4. The topological polar surface area (TPSA) is 54.2 Å². The van der Waals surface area contributed by atoms with Gasteiger partial charge in [0.15, 0.2) is 0 Å². The molecule has 88 valence electrons. The number of nitrogen functional groups attached to an aromatic ring is 1. The van der Waals surface area contributed by atoms with E-state index in [1.807, 2.05) is 37.4 Å². The van der Waals surface area contributed by atoms with Crippen LogP contribution in [0, 0.1) is 0 Å². The number of anilines is 2. The minimum Gasteiger partial charge on any atom is -0.369 e. The highest BCUT2D eigenvalue weighted by Crippen LogP contribution is 2.15. The Morgan fingerprint density at radius 3 is 2.53 bits per heavy atom. The van der Waals surface area contributed by atoms with Gasteiger partial charge in [0, 0.05) is 13.6 Å². The second kappa shape index (κ2) is 5.32. The van der Waals surface area contributed by atoms with Gasteiger partial charge in [-0.15, -0.1) is 0 Å². The van der Waals surface area contributed by atoms with Crippen LogP contribution >= 0.6 is 0 Å². The molecule has 0 unspecified atom stereocenters. The van der Waals surface area contributed by atoms with Crippen LogP contribution in [0.2, 0.25) is 0 Å². The third-order valence-corrected chi connectivity index (χ3v) is 2.60. The zero-order valence-electron chi connectivity index (χ0n) is 9.80. The van der Waals surface area contributed by atoms with Crippen LogP contribution in [0.15, 0.2) is 48.7 Å². The van der Waals surface area contributed by atoms with E-state index < -0.39 is 0 Å². The smallest absolute Gasteiger partial charge is 0.140 e. The molecule has 1 aromatic carbocycles. The lowest BCUT2D eigenvalue weighted by Gasteiger charge is -2.19. The normalized spacial score (nSPS) is 10.0. The Labute approximate surface area is 101 Å². The van der Waals surface area contributed by atoms with Gasteiger partial charge in [-0.1, -0.05) is 30.3 Å². The van der Waals surface area contributed by atoms with Crippen molar-refractivity contribution in [3.05, 3.63) is 54.2 Å².